The van der Waals surface area contributed by atoms with Crippen molar-refractivity contribution < 1.29 is 4.79 Å². The molecule has 0 bridgehead atoms. The number of hydrogen-bond acceptors (Lipinski definition) is 2. The molecule has 0 spiro atoms. The van der Waals surface area contributed by atoms with Crippen LogP contribution in [0.5, 0.6) is 0 Å². The standard InChI is InChI=1S/C14H11ClN2O/c15-12-2-4-13(5-3-12)17-14(18)6-1-11-7-9-16-10-8-11/h1-10H,(H,17,18)/b6-1+. The number of nitrogens with one attached hydrogen (secondary N) is 1. The number of carbonyl (C=O) groups excluding carboxylic acids is 1. The maximum atomic E-state index is 11.6. The van der Waals surface area contributed by atoms with E-state index in [1.54, 1.807) is 42.7 Å². The molecule has 4 heteroatoms. The van der Waals surface area contributed by atoms with Gasteiger partial charge in [-0.15, -0.1) is 0 Å². The van der Waals surface area contributed by atoms with Crippen LogP contribution in [0.1, 0.15) is 5.56 Å². The molecular formula is C14H11ClN2O. The average Bonchev–Trinajstić information content (AvgIpc) is 2.40. The van der Waals surface area contributed by atoms with Crippen LogP contribution in [0.15, 0.2) is 54.9 Å². The Hall–Kier alpha value is -2.13. The molecular weight excluding hydrogens is 248 g/mol. The highest BCUT2D eigenvalue weighted by Crippen LogP contribution is 2.13. The Morgan fingerprint density at radius 1 is 1.11 bits per heavy atom. The summed E-state index contributed by atoms with van der Waals surface area (Å²) in [5, 5.41) is 3.38. The van der Waals surface area contributed by atoms with Crippen LogP contribution < -0.4 is 5.32 Å². The van der Waals surface area contributed by atoms with E-state index in [1.807, 2.05) is 12.1 Å². The van der Waals surface area contributed by atoms with Crippen molar-refractivity contribution in [1.29, 1.82) is 0 Å². The molecule has 0 saturated heterocycles. The minimum Gasteiger partial charge on any atom is -0.323 e. The van der Waals surface area contributed by atoms with E-state index in [1.165, 1.54) is 6.08 Å². The molecule has 1 amide bonds. The van der Waals surface area contributed by atoms with Crippen molar-refractivity contribution in [2.45, 2.75) is 0 Å². The first kappa shape index (κ1) is 12.3. The highest BCUT2D eigenvalue weighted by atomic mass is 35.5. The summed E-state index contributed by atoms with van der Waals surface area (Å²) in [6, 6.07) is 10.6. The van der Waals surface area contributed by atoms with E-state index < -0.39 is 0 Å². The number of nitrogens with zero attached hydrogens (tertiary/aromatic N) is 1. The number of hydrogen-bond donors (Lipinski definition) is 1. The van der Waals surface area contributed by atoms with Gasteiger partial charge in [-0.25, -0.2) is 0 Å². The second kappa shape index (κ2) is 5.98. The van der Waals surface area contributed by atoms with Gasteiger partial charge in [-0.05, 0) is 48.0 Å². The average molecular weight is 259 g/mol. The van der Waals surface area contributed by atoms with Gasteiger partial charge in [-0.3, -0.25) is 9.78 Å². The topological polar surface area (TPSA) is 42.0 Å². The van der Waals surface area contributed by atoms with Crippen LogP contribution in [0.25, 0.3) is 6.08 Å². The third kappa shape index (κ3) is 3.71. The predicted octanol–water partition coefficient (Wildman–Crippen LogP) is 3.39. The van der Waals surface area contributed by atoms with Crippen LogP contribution in [0.3, 0.4) is 0 Å². The first-order valence-electron chi connectivity index (χ1n) is 5.39. The smallest absolute Gasteiger partial charge is 0.248 e. The molecule has 18 heavy (non-hydrogen) atoms. The summed E-state index contributed by atoms with van der Waals surface area (Å²) in [6.45, 7) is 0. The van der Waals surface area contributed by atoms with E-state index in [2.05, 4.69) is 10.3 Å². The monoisotopic (exact) mass is 258 g/mol. The molecule has 0 aliphatic heterocycles. The molecule has 0 fully saturated rings. The van der Waals surface area contributed by atoms with Gasteiger partial charge >= 0.3 is 0 Å². The molecule has 1 aromatic heterocycles. The van der Waals surface area contributed by atoms with Gasteiger partial charge in [0.1, 0.15) is 0 Å². The van der Waals surface area contributed by atoms with E-state index in [-0.39, 0.29) is 5.91 Å². The van der Waals surface area contributed by atoms with Crippen molar-refractivity contribution in [3.8, 4) is 0 Å². The minimum absolute atomic E-state index is 0.186. The third-order valence-corrected chi connectivity index (χ3v) is 2.50. The fraction of sp³-hybridized carbons (Fsp3) is 0. The Morgan fingerprint density at radius 3 is 2.44 bits per heavy atom. The van der Waals surface area contributed by atoms with Crippen LogP contribution in [0.4, 0.5) is 5.69 Å². The van der Waals surface area contributed by atoms with Crippen molar-refractivity contribution in [2.24, 2.45) is 0 Å². The second-order valence-corrected chi connectivity index (χ2v) is 4.05. The Bertz CT molecular complexity index is 550. The Labute approximate surface area is 110 Å². The summed E-state index contributed by atoms with van der Waals surface area (Å²) in [4.78, 5) is 15.5. The van der Waals surface area contributed by atoms with Crippen molar-refractivity contribution >= 4 is 29.3 Å². The summed E-state index contributed by atoms with van der Waals surface area (Å²) in [6.07, 6.45) is 6.56. The van der Waals surface area contributed by atoms with Gasteiger partial charge in [0.25, 0.3) is 0 Å². The largest absolute Gasteiger partial charge is 0.323 e. The predicted molar refractivity (Wildman–Crippen MR) is 73.4 cm³/mol. The molecule has 1 aromatic carbocycles. The van der Waals surface area contributed by atoms with Gasteiger partial charge in [-0.1, -0.05) is 11.6 Å². The number of anilines is 1. The quantitative estimate of drug-likeness (QED) is 0.858. The summed E-state index contributed by atoms with van der Waals surface area (Å²) in [7, 11) is 0. The Balaban J connectivity index is 1.97. The van der Waals surface area contributed by atoms with E-state index in [4.69, 9.17) is 11.6 Å². The van der Waals surface area contributed by atoms with Crippen molar-refractivity contribution in [1.82, 2.24) is 4.98 Å². The number of pyridine rings is 1. The van der Waals surface area contributed by atoms with Crippen molar-refractivity contribution in [3.05, 3.63) is 65.5 Å². The zero-order valence-electron chi connectivity index (χ0n) is 9.51. The lowest BCUT2D eigenvalue weighted by molar-refractivity contribution is -0.111. The normalized spacial score (nSPS) is 10.5. The number of rotatable bonds is 3. The third-order valence-electron chi connectivity index (χ3n) is 2.25. The van der Waals surface area contributed by atoms with Gasteiger partial charge in [0.05, 0.1) is 0 Å². The van der Waals surface area contributed by atoms with E-state index >= 15 is 0 Å². The highest BCUT2D eigenvalue weighted by molar-refractivity contribution is 6.30. The molecule has 0 saturated carbocycles. The Kier molecular flexibility index (Phi) is 4.10. The summed E-state index contributed by atoms with van der Waals surface area (Å²) in [5.41, 5.74) is 1.64. The zero-order valence-corrected chi connectivity index (χ0v) is 10.3. The minimum atomic E-state index is -0.186. The van der Waals surface area contributed by atoms with Gasteiger partial charge < -0.3 is 5.32 Å². The number of amides is 1. The lowest BCUT2D eigenvalue weighted by Gasteiger charge is -2.01. The molecule has 0 radical (unpaired) electrons. The van der Waals surface area contributed by atoms with Gasteiger partial charge in [0.2, 0.25) is 5.91 Å². The molecule has 1 heterocycles. The lowest BCUT2D eigenvalue weighted by atomic mass is 10.2. The van der Waals surface area contributed by atoms with E-state index in [0.717, 1.165) is 5.56 Å². The molecule has 3 nitrogen and oxygen atoms in total. The molecule has 0 unspecified atom stereocenters. The maximum absolute atomic E-state index is 11.6. The highest BCUT2D eigenvalue weighted by Gasteiger charge is 1.97. The molecule has 0 aliphatic carbocycles. The number of benzene rings is 1. The maximum Gasteiger partial charge on any atom is 0.248 e. The molecule has 1 N–H and O–H groups in total. The molecule has 0 atom stereocenters. The SMILES string of the molecule is O=C(/C=C/c1ccncc1)Nc1ccc(Cl)cc1. The first-order chi connectivity index (χ1) is 8.74. The fourth-order valence-electron chi connectivity index (χ4n) is 1.36. The summed E-state index contributed by atoms with van der Waals surface area (Å²) in [5.74, 6) is -0.186. The van der Waals surface area contributed by atoms with Gasteiger partial charge in [0.15, 0.2) is 0 Å². The zero-order chi connectivity index (χ0) is 12.8. The van der Waals surface area contributed by atoms with Crippen LogP contribution in [-0.2, 0) is 4.79 Å². The molecule has 90 valence electrons. The Morgan fingerprint density at radius 2 is 1.78 bits per heavy atom. The van der Waals surface area contributed by atoms with Crippen LogP contribution in [0, 0.1) is 0 Å². The lowest BCUT2D eigenvalue weighted by Crippen LogP contribution is -2.07. The molecule has 2 rings (SSSR count). The number of aromatic nitrogens is 1. The number of halogens is 1. The summed E-state index contributed by atoms with van der Waals surface area (Å²) < 4.78 is 0. The molecule has 0 aliphatic rings. The first-order valence-corrected chi connectivity index (χ1v) is 5.76. The van der Waals surface area contributed by atoms with Crippen molar-refractivity contribution in [3.63, 3.8) is 0 Å². The number of carbonyl (C=O) groups is 1. The fourth-order valence-corrected chi connectivity index (χ4v) is 1.49. The van der Waals surface area contributed by atoms with Crippen molar-refractivity contribution in [2.75, 3.05) is 5.32 Å². The van der Waals surface area contributed by atoms with Crippen LogP contribution in [-0.4, -0.2) is 10.9 Å². The molecule has 2 aromatic rings. The summed E-state index contributed by atoms with van der Waals surface area (Å²) >= 11 is 5.76. The van der Waals surface area contributed by atoms with Gasteiger partial charge in [0, 0.05) is 29.2 Å². The van der Waals surface area contributed by atoms with Gasteiger partial charge in [-0.2, -0.15) is 0 Å². The van der Waals surface area contributed by atoms with E-state index in [0.29, 0.717) is 10.7 Å². The van der Waals surface area contributed by atoms with E-state index in [9.17, 15) is 4.79 Å². The second-order valence-electron chi connectivity index (χ2n) is 3.61. The van der Waals surface area contributed by atoms with Crippen LogP contribution >= 0.6 is 11.6 Å². The van der Waals surface area contributed by atoms with Crippen LogP contribution in [0.2, 0.25) is 5.02 Å².